The number of rotatable bonds is 11. The van der Waals surface area contributed by atoms with Crippen molar-refractivity contribution in [1.29, 1.82) is 0 Å². The lowest BCUT2D eigenvalue weighted by atomic mass is 9.94. The van der Waals surface area contributed by atoms with Crippen molar-refractivity contribution >= 4 is 40.0 Å². The summed E-state index contributed by atoms with van der Waals surface area (Å²) < 4.78 is 8.78. The number of thioether (sulfide) groups is 2. The van der Waals surface area contributed by atoms with Gasteiger partial charge in [-0.2, -0.15) is 0 Å². The van der Waals surface area contributed by atoms with Crippen molar-refractivity contribution < 1.29 is 13.7 Å². The Morgan fingerprint density at radius 1 is 1.00 bits per heavy atom. The van der Waals surface area contributed by atoms with Crippen LogP contribution in [0.5, 0.6) is 0 Å². The summed E-state index contributed by atoms with van der Waals surface area (Å²) in [6, 6.07) is 8.53. The highest BCUT2D eigenvalue weighted by Gasteiger charge is 2.21. The summed E-state index contributed by atoms with van der Waals surface area (Å²) in [7, 11) is 0. The molecule has 0 aliphatic rings. The van der Waals surface area contributed by atoms with Crippen LogP contribution < -0.4 is 0 Å². The molecule has 2 heterocycles. The van der Waals surface area contributed by atoms with E-state index in [2.05, 4.69) is 75.8 Å². The number of carbonyl (C=O) groups is 1. The Balaban J connectivity index is 1.49. The van der Waals surface area contributed by atoms with Crippen LogP contribution in [-0.4, -0.2) is 39.2 Å². The molecular weight excluding hydrogens is 483 g/mol. The highest BCUT2D eigenvalue weighted by atomic mass is 32.2. The second-order valence-electron chi connectivity index (χ2n) is 9.52. The smallest absolute Gasteiger partial charge is 0.204 e. The fraction of sp³-hybridized carbons (Fsp3) is 0.500. The van der Waals surface area contributed by atoms with E-state index in [-0.39, 0.29) is 10.5 Å². The molecule has 8 heteroatoms. The second-order valence-corrected chi connectivity index (χ2v) is 13.1. The van der Waals surface area contributed by atoms with Crippen molar-refractivity contribution in [3.8, 4) is 0 Å². The minimum Gasteiger partial charge on any atom is -0.444 e. The molecule has 184 valence electrons. The van der Waals surface area contributed by atoms with E-state index in [9.17, 15) is 4.79 Å². The van der Waals surface area contributed by atoms with Gasteiger partial charge >= 0.3 is 0 Å². The van der Waals surface area contributed by atoms with Crippen LogP contribution in [0.4, 0.5) is 0 Å². The molecule has 0 radical (unpaired) electrons. The molecule has 34 heavy (non-hydrogen) atoms. The molecule has 3 rings (SSSR count). The lowest BCUT2D eigenvalue weighted by Gasteiger charge is -2.35. The quantitative estimate of drug-likeness (QED) is 0.202. The van der Waals surface area contributed by atoms with Gasteiger partial charge in [0.1, 0.15) is 12.3 Å². The Bertz CT molecular complexity index is 1060. The van der Waals surface area contributed by atoms with E-state index in [1.807, 2.05) is 12.4 Å². The van der Waals surface area contributed by atoms with Crippen LogP contribution in [0.3, 0.4) is 0 Å². The zero-order valence-electron chi connectivity index (χ0n) is 21.1. The first kappa shape index (κ1) is 27.0. The molecule has 0 saturated carbocycles. The van der Waals surface area contributed by atoms with Crippen molar-refractivity contribution in [2.45, 2.75) is 74.2 Å². The Morgan fingerprint density at radius 2 is 1.65 bits per heavy atom. The van der Waals surface area contributed by atoms with E-state index in [4.69, 9.17) is 4.42 Å². The maximum atomic E-state index is 12.6. The summed E-state index contributed by atoms with van der Waals surface area (Å²) in [6.07, 6.45) is 4.04. The Kier molecular flexibility index (Phi) is 9.43. The predicted molar refractivity (Wildman–Crippen MR) is 143 cm³/mol. The lowest BCUT2D eigenvalue weighted by molar-refractivity contribution is -0.936. The number of aromatic nitrogens is 2. The average Bonchev–Trinajstić information content (AvgIpc) is 3.47. The fourth-order valence-corrected chi connectivity index (χ4v) is 6.64. The van der Waals surface area contributed by atoms with Crippen LogP contribution in [-0.2, 0) is 28.9 Å². The SMILES string of the molecule is CC[N+](CC)(CC)Cc1ccc(CC(=O)Sc2ncc(SCc3ncc(C(C)(C)C)o3)s2)cc1. The number of hydrogen-bond donors (Lipinski definition) is 0. The van der Waals surface area contributed by atoms with Crippen molar-refractivity contribution in [3.05, 3.63) is 59.4 Å². The van der Waals surface area contributed by atoms with Crippen molar-refractivity contribution in [2.24, 2.45) is 0 Å². The van der Waals surface area contributed by atoms with Crippen molar-refractivity contribution in [2.75, 3.05) is 19.6 Å². The maximum absolute atomic E-state index is 12.6. The molecule has 1 aromatic carbocycles. The topological polar surface area (TPSA) is 56.0 Å². The van der Waals surface area contributed by atoms with Crippen molar-refractivity contribution in [3.63, 3.8) is 0 Å². The minimum absolute atomic E-state index is 0.0464. The second kappa shape index (κ2) is 11.9. The Labute approximate surface area is 216 Å². The number of quaternary nitrogens is 1. The van der Waals surface area contributed by atoms with E-state index >= 15 is 0 Å². The van der Waals surface area contributed by atoms with Crippen LogP contribution in [0.1, 0.15) is 64.3 Å². The normalized spacial score (nSPS) is 12.3. The van der Waals surface area contributed by atoms with Crippen LogP contribution in [0.25, 0.3) is 0 Å². The number of nitrogens with zero attached hydrogens (tertiary/aromatic N) is 3. The molecule has 0 spiro atoms. The van der Waals surface area contributed by atoms with E-state index < -0.39 is 0 Å². The summed E-state index contributed by atoms with van der Waals surface area (Å²) in [6.45, 7) is 17.5. The van der Waals surface area contributed by atoms with Gasteiger partial charge in [-0.25, -0.2) is 9.97 Å². The first-order chi connectivity index (χ1) is 16.2. The van der Waals surface area contributed by atoms with Gasteiger partial charge < -0.3 is 8.90 Å². The number of benzene rings is 1. The molecule has 0 fully saturated rings. The molecule has 0 N–H and O–H groups in total. The minimum atomic E-state index is -0.0464. The average molecular weight is 519 g/mol. The maximum Gasteiger partial charge on any atom is 0.204 e. The first-order valence-corrected chi connectivity index (χ1v) is 14.5. The number of carbonyl (C=O) groups excluding carboxylic acids is 1. The molecule has 0 aliphatic carbocycles. The third kappa shape index (κ3) is 7.44. The van der Waals surface area contributed by atoms with Crippen LogP contribution in [0.15, 0.2) is 49.6 Å². The summed E-state index contributed by atoms with van der Waals surface area (Å²) in [4.78, 5) is 21.4. The van der Waals surface area contributed by atoms with E-state index in [0.29, 0.717) is 18.1 Å². The van der Waals surface area contributed by atoms with Gasteiger partial charge in [0.2, 0.25) is 5.89 Å². The van der Waals surface area contributed by atoms with Crippen LogP contribution >= 0.6 is 34.9 Å². The fourth-order valence-electron chi connectivity index (χ4n) is 3.67. The van der Waals surface area contributed by atoms with Gasteiger partial charge in [-0.05, 0) is 38.1 Å². The summed E-state index contributed by atoms with van der Waals surface area (Å²) in [5.41, 5.74) is 2.33. The van der Waals surface area contributed by atoms with Gasteiger partial charge in [0, 0.05) is 17.4 Å². The molecule has 0 saturated heterocycles. The molecule has 5 nitrogen and oxygen atoms in total. The zero-order chi connectivity index (χ0) is 24.8. The molecule has 0 aliphatic heterocycles. The standard InChI is InChI=1S/C26H36N3O2S3/c1-7-29(8-2,9-3)17-20-12-10-19(11-13-20)14-23(30)33-25-28-16-24(34-25)32-18-22-27-15-21(31-22)26(4,5)6/h10-13,15-16H,7-9,14,17-18H2,1-6H3/q+1. The number of thiazole rings is 1. The lowest BCUT2D eigenvalue weighted by Crippen LogP contribution is -2.46. The first-order valence-electron chi connectivity index (χ1n) is 11.8. The van der Waals surface area contributed by atoms with Gasteiger partial charge in [0.15, 0.2) is 9.45 Å². The van der Waals surface area contributed by atoms with Crippen molar-refractivity contribution in [1.82, 2.24) is 9.97 Å². The Hall–Kier alpha value is -1.61. The van der Waals surface area contributed by atoms with Gasteiger partial charge in [0.05, 0.1) is 42.0 Å². The van der Waals surface area contributed by atoms with E-state index in [1.165, 1.54) is 17.3 Å². The third-order valence-electron chi connectivity index (χ3n) is 6.20. The summed E-state index contributed by atoms with van der Waals surface area (Å²) >= 11 is 4.40. The highest BCUT2D eigenvalue weighted by Crippen LogP contribution is 2.34. The third-order valence-corrected chi connectivity index (χ3v) is 9.32. The summed E-state index contributed by atoms with van der Waals surface area (Å²) in [5, 5.41) is 0.113. The van der Waals surface area contributed by atoms with E-state index in [1.54, 1.807) is 23.1 Å². The largest absolute Gasteiger partial charge is 0.444 e. The molecule has 0 amide bonds. The number of hydrogen-bond acceptors (Lipinski definition) is 7. The van der Waals surface area contributed by atoms with Gasteiger partial charge in [-0.3, -0.25) is 4.79 Å². The van der Waals surface area contributed by atoms with Crippen LogP contribution in [0.2, 0.25) is 0 Å². The molecule has 3 aromatic rings. The molecule has 0 unspecified atom stereocenters. The van der Waals surface area contributed by atoms with Crippen LogP contribution in [0, 0.1) is 0 Å². The van der Waals surface area contributed by atoms with E-state index in [0.717, 1.165) is 50.5 Å². The molecule has 2 aromatic heterocycles. The zero-order valence-corrected chi connectivity index (χ0v) is 23.5. The summed E-state index contributed by atoms with van der Waals surface area (Å²) in [5.74, 6) is 2.25. The molecular formula is C26H36N3O2S3+. The van der Waals surface area contributed by atoms with Gasteiger partial charge in [-0.1, -0.05) is 45.0 Å². The predicted octanol–water partition coefficient (Wildman–Crippen LogP) is 6.96. The number of oxazole rings is 1. The van der Waals surface area contributed by atoms with Gasteiger partial charge in [0.25, 0.3) is 0 Å². The van der Waals surface area contributed by atoms with Gasteiger partial charge in [-0.15, -0.1) is 23.1 Å². The monoisotopic (exact) mass is 518 g/mol. The molecule has 0 bridgehead atoms. The molecule has 0 atom stereocenters. The highest BCUT2D eigenvalue weighted by molar-refractivity contribution is 8.15. The Morgan fingerprint density at radius 3 is 2.24 bits per heavy atom.